The third-order valence-electron chi connectivity index (χ3n) is 8.31. The van der Waals surface area contributed by atoms with Gasteiger partial charge in [-0.2, -0.15) is 11.2 Å². The van der Waals surface area contributed by atoms with Crippen LogP contribution in [0.25, 0.3) is 11.3 Å². The minimum Gasteiger partial charge on any atom is -0.464 e. The zero-order chi connectivity index (χ0) is 32.9. The molecule has 0 radical (unpaired) electrons. The highest BCUT2D eigenvalue weighted by atomic mass is 32.4. The van der Waals surface area contributed by atoms with Crippen LogP contribution in [-0.4, -0.2) is 71.6 Å². The molecule has 0 N–H and O–H groups in total. The lowest BCUT2D eigenvalue weighted by Crippen LogP contribution is -2.55. The second kappa shape index (κ2) is 15.2. The van der Waals surface area contributed by atoms with Gasteiger partial charge in [-0.3, -0.25) is 4.79 Å². The van der Waals surface area contributed by atoms with Gasteiger partial charge in [0.2, 0.25) is 0 Å². The minimum absolute atomic E-state index is 0.00425. The van der Waals surface area contributed by atoms with Crippen molar-refractivity contribution in [2.45, 2.75) is 103 Å². The quantitative estimate of drug-likeness (QED) is 0.132. The van der Waals surface area contributed by atoms with E-state index in [2.05, 4.69) is 51.9 Å². The monoisotopic (exact) mass is 659 g/mol. The van der Waals surface area contributed by atoms with Gasteiger partial charge in [-0.15, -0.1) is 5.10 Å². The van der Waals surface area contributed by atoms with E-state index in [0.717, 1.165) is 12.1 Å². The summed E-state index contributed by atoms with van der Waals surface area (Å²) in [6.45, 7) is 18.1. The molecular formula is C30H44F3N3O6SSi. The summed E-state index contributed by atoms with van der Waals surface area (Å²) in [5.41, 5.74) is 0.581. The molecular weight excluding hydrogens is 615 g/mol. The zero-order valence-electron chi connectivity index (χ0n) is 26.8. The summed E-state index contributed by atoms with van der Waals surface area (Å²) < 4.78 is 66.8. The predicted octanol–water partition coefficient (Wildman–Crippen LogP) is 6.68. The minimum atomic E-state index is -2.20. The predicted molar refractivity (Wildman–Crippen MR) is 164 cm³/mol. The van der Waals surface area contributed by atoms with E-state index in [1.807, 2.05) is 6.92 Å². The fourth-order valence-corrected chi connectivity index (χ4v) is 16.4. The molecule has 1 aliphatic heterocycles. The average Bonchev–Trinajstić information content (AvgIpc) is 3.42. The van der Waals surface area contributed by atoms with Crippen molar-refractivity contribution in [3.05, 3.63) is 35.8 Å². The summed E-state index contributed by atoms with van der Waals surface area (Å²) >= 11 is 1.75. The number of halogens is 3. The second-order valence-corrected chi connectivity index (χ2v) is 20.7. The Morgan fingerprint density at radius 2 is 1.64 bits per heavy atom. The van der Waals surface area contributed by atoms with Gasteiger partial charge in [-0.1, -0.05) is 53.7 Å². The van der Waals surface area contributed by atoms with Crippen molar-refractivity contribution in [3.8, 4) is 11.3 Å². The molecule has 5 atom stereocenters. The molecule has 2 aromatic rings. The third-order valence-corrected chi connectivity index (χ3v) is 20.9. The largest absolute Gasteiger partial charge is 0.464 e. The number of esters is 2. The first-order valence-electron chi connectivity index (χ1n) is 14.9. The molecule has 1 aromatic carbocycles. The number of hydrogen-bond donors (Lipinski definition) is 0. The maximum Gasteiger partial charge on any atom is 0.332 e. The second-order valence-electron chi connectivity index (χ2n) is 12.0. The molecule has 9 nitrogen and oxygen atoms in total. The summed E-state index contributed by atoms with van der Waals surface area (Å²) in [6, 6.07) is 1.10. The van der Waals surface area contributed by atoms with Crippen LogP contribution in [-0.2, 0) is 28.5 Å². The van der Waals surface area contributed by atoms with Gasteiger partial charge >= 0.3 is 11.9 Å². The van der Waals surface area contributed by atoms with Crippen molar-refractivity contribution in [2.75, 3.05) is 19.8 Å². The van der Waals surface area contributed by atoms with E-state index in [1.165, 1.54) is 17.8 Å². The van der Waals surface area contributed by atoms with Gasteiger partial charge in [0, 0.05) is 18.4 Å². The fraction of sp³-hybridized carbons (Fsp3) is 0.667. The SMILES string of the molecule is CCOC(=O)COC1C(S[Si](C(C)C)(C(C)C)C(C)C)OC(COC(C)=O)C(C)C1n1cc(-c2cc(F)c(F)c(F)c2)nn1. The molecule has 1 fully saturated rings. The van der Waals surface area contributed by atoms with E-state index < -0.39 is 60.3 Å². The van der Waals surface area contributed by atoms with Crippen LogP contribution in [0.3, 0.4) is 0 Å². The molecule has 0 bridgehead atoms. The van der Waals surface area contributed by atoms with Crippen LogP contribution < -0.4 is 0 Å². The highest BCUT2D eigenvalue weighted by Crippen LogP contribution is 2.54. The molecule has 2 heterocycles. The van der Waals surface area contributed by atoms with Gasteiger partial charge in [0.05, 0.1) is 24.9 Å². The van der Waals surface area contributed by atoms with Crippen molar-refractivity contribution >= 4 is 30.4 Å². The van der Waals surface area contributed by atoms with E-state index in [0.29, 0.717) is 16.6 Å². The van der Waals surface area contributed by atoms with Crippen LogP contribution in [0.15, 0.2) is 18.3 Å². The molecule has 5 unspecified atom stereocenters. The summed E-state index contributed by atoms with van der Waals surface area (Å²) in [6.07, 6.45) is 0.185. The van der Waals surface area contributed by atoms with Crippen LogP contribution in [0.2, 0.25) is 16.6 Å². The van der Waals surface area contributed by atoms with Gasteiger partial charge < -0.3 is 18.9 Å². The highest BCUT2D eigenvalue weighted by Gasteiger charge is 2.53. The Morgan fingerprint density at radius 3 is 2.16 bits per heavy atom. The Hall–Kier alpha value is -2.42. The molecule has 0 spiro atoms. The molecule has 1 aromatic heterocycles. The number of rotatable bonds is 13. The molecule has 3 rings (SSSR count). The van der Waals surface area contributed by atoms with Crippen molar-refractivity contribution in [3.63, 3.8) is 0 Å². The lowest BCUT2D eigenvalue weighted by Gasteiger charge is -2.50. The number of carbonyl (C=O) groups is 2. The molecule has 14 heteroatoms. The number of aromatic nitrogens is 3. The van der Waals surface area contributed by atoms with Crippen LogP contribution >= 0.6 is 11.2 Å². The van der Waals surface area contributed by atoms with E-state index in [1.54, 1.807) is 18.1 Å². The number of benzene rings is 1. The van der Waals surface area contributed by atoms with Crippen molar-refractivity contribution < 1.29 is 41.7 Å². The molecule has 0 saturated carbocycles. The van der Waals surface area contributed by atoms with Crippen molar-refractivity contribution in [1.82, 2.24) is 15.0 Å². The summed E-state index contributed by atoms with van der Waals surface area (Å²) in [5, 5.41) is 8.43. The maximum atomic E-state index is 14.1. The molecule has 0 aliphatic carbocycles. The maximum absolute atomic E-state index is 14.1. The van der Waals surface area contributed by atoms with Gasteiger partial charge in [-0.05, 0) is 35.7 Å². The van der Waals surface area contributed by atoms with E-state index >= 15 is 0 Å². The molecule has 1 aliphatic rings. The van der Waals surface area contributed by atoms with E-state index in [9.17, 15) is 22.8 Å². The first-order valence-corrected chi connectivity index (χ1v) is 18.8. The van der Waals surface area contributed by atoms with Crippen molar-refractivity contribution in [1.29, 1.82) is 0 Å². The smallest absolute Gasteiger partial charge is 0.332 e. The number of carbonyl (C=O) groups excluding carboxylic acids is 2. The van der Waals surface area contributed by atoms with Crippen LogP contribution in [0.1, 0.15) is 68.4 Å². The fourth-order valence-electron chi connectivity index (χ4n) is 6.34. The molecule has 0 amide bonds. The van der Waals surface area contributed by atoms with Crippen molar-refractivity contribution in [2.24, 2.45) is 5.92 Å². The summed E-state index contributed by atoms with van der Waals surface area (Å²) in [7, 11) is -2.20. The van der Waals surface area contributed by atoms with Crippen LogP contribution in [0, 0.1) is 23.4 Å². The number of nitrogens with zero attached hydrogens (tertiary/aromatic N) is 3. The standard InChI is InChI=1S/C30H44F3N3O6SSi/c1-10-39-26(38)15-41-29-28(36-13-24(34-35-36)21-11-22(31)27(33)23(32)12-21)19(8)25(14-40-20(9)37)42-30(29)43-44(16(2)3,17(4)5)18(6)7/h11-13,16-19,25,28-30H,10,14-15H2,1-9H3. The Balaban J connectivity index is 2.14. The van der Waals surface area contributed by atoms with Crippen LogP contribution in [0.4, 0.5) is 13.2 Å². The molecule has 1 saturated heterocycles. The molecule has 246 valence electrons. The lowest BCUT2D eigenvalue weighted by atomic mass is 9.89. The number of ether oxygens (including phenoxy) is 4. The number of hydrogen-bond acceptors (Lipinski definition) is 9. The van der Waals surface area contributed by atoms with Gasteiger partial charge in [0.25, 0.3) is 0 Å². The average molecular weight is 660 g/mol. The zero-order valence-corrected chi connectivity index (χ0v) is 28.6. The first kappa shape index (κ1) is 36.0. The topological polar surface area (TPSA) is 102 Å². The molecule has 44 heavy (non-hydrogen) atoms. The Labute approximate surface area is 262 Å². The lowest BCUT2D eigenvalue weighted by molar-refractivity contribution is -0.184. The Kier molecular flexibility index (Phi) is 12.5. The Morgan fingerprint density at radius 1 is 1.05 bits per heavy atom. The van der Waals surface area contributed by atoms with Crippen LogP contribution in [0.5, 0.6) is 0 Å². The normalized spacial score (nSPS) is 22.6. The van der Waals surface area contributed by atoms with Gasteiger partial charge in [0.15, 0.2) is 17.5 Å². The third kappa shape index (κ3) is 7.86. The van der Waals surface area contributed by atoms with Gasteiger partial charge in [-0.25, -0.2) is 22.6 Å². The summed E-state index contributed by atoms with van der Waals surface area (Å²) in [5.74, 6) is -5.65. The summed E-state index contributed by atoms with van der Waals surface area (Å²) in [4.78, 5) is 24.3. The highest BCUT2D eigenvalue weighted by molar-refractivity contribution is 8.29. The Bertz CT molecular complexity index is 1250. The van der Waals surface area contributed by atoms with Gasteiger partial charge in [0.1, 0.15) is 37.7 Å². The first-order chi connectivity index (χ1) is 20.6. The van der Waals surface area contributed by atoms with E-state index in [4.69, 9.17) is 18.9 Å². The van der Waals surface area contributed by atoms with E-state index in [-0.39, 0.29) is 37.0 Å².